The van der Waals surface area contributed by atoms with Crippen LogP contribution >= 0.6 is 0 Å². The first kappa shape index (κ1) is 15.2. The largest absolute Gasteiger partial charge is 0.326 e. The Morgan fingerprint density at radius 3 is 2.36 bits per heavy atom. The average molecular weight is 336 g/mol. The summed E-state index contributed by atoms with van der Waals surface area (Å²) in [6.45, 7) is 1.94. The van der Waals surface area contributed by atoms with Crippen LogP contribution in [0.5, 0.6) is 0 Å². The fraction of sp³-hybridized carbons (Fsp3) is 0.524. The van der Waals surface area contributed by atoms with Crippen molar-refractivity contribution in [1.82, 2.24) is 4.98 Å². The second kappa shape index (κ2) is 5.20. The molecular weight excluding hydrogens is 312 g/mol. The maximum atomic E-state index is 13.2. The average Bonchev–Trinajstić information content (AvgIpc) is 2.53. The Balaban J connectivity index is 1.44. The molecule has 4 fully saturated rings. The molecular formula is C21H24N2O2. The van der Waals surface area contributed by atoms with Crippen LogP contribution in [0.15, 0.2) is 29.1 Å². The zero-order valence-electron chi connectivity index (χ0n) is 14.6. The summed E-state index contributed by atoms with van der Waals surface area (Å²) >= 11 is 0. The maximum absolute atomic E-state index is 13.2. The molecule has 4 aliphatic carbocycles. The van der Waals surface area contributed by atoms with E-state index in [-0.39, 0.29) is 16.9 Å². The normalized spacial score (nSPS) is 32.9. The van der Waals surface area contributed by atoms with Crippen molar-refractivity contribution in [2.24, 2.45) is 23.2 Å². The third-order valence-electron chi connectivity index (χ3n) is 6.83. The SMILES string of the molecule is Cc1cc(=O)[nH]c2cc(NC(=O)C34CC5CC(CC(C5)C3)C4)ccc12. The minimum atomic E-state index is -0.149. The fourth-order valence-electron chi connectivity index (χ4n) is 6.16. The van der Waals surface area contributed by atoms with Crippen LogP contribution < -0.4 is 10.9 Å². The van der Waals surface area contributed by atoms with E-state index in [4.69, 9.17) is 0 Å². The van der Waals surface area contributed by atoms with Gasteiger partial charge >= 0.3 is 0 Å². The van der Waals surface area contributed by atoms with E-state index in [0.29, 0.717) is 0 Å². The molecule has 0 spiro atoms. The standard InChI is InChI=1S/C21H24N2O2/c1-12-4-19(24)23-18-8-16(2-3-17(12)18)22-20(25)21-9-13-5-14(10-21)7-15(6-13)11-21/h2-4,8,13-15H,5-7,9-11H2,1H3,(H,22,25)(H,23,24). The van der Waals surface area contributed by atoms with Crippen molar-refractivity contribution in [3.63, 3.8) is 0 Å². The molecule has 4 heteroatoms. The van der Waals surface area contributed by atoms with Crippen LogP contribution in [0.1, 0.15) is 44.1 Å². The molecule has 1 heterocycles. The number of H-pyrrole nitrogens is 1. The molecule has 1 aromatic heterocycles. The van der Waals surface area contributed by atoms with Crippen LogP contribution in [0.25, 0.3) is 10.9 Å². The maximum Gasteiger partial charge on any atom is 0.248 e. The zero-order valence-corrected chi connectivity index (χ0v) is 14.6. The van der Waals surface area contributed by atoms with E-state index >= 15 is 0 Å². The third kappa shape index (κ3) is 2.42. The lowest BCUT2D eigenvalue weighted by molar-refractivity contribution is -0.140. The van der Waals surface area contributed by atoms with Crippen LogP contribution in [0.2, 0.25) is 0 Å². The Morgan fingerprint density at radius 2 is 1.72 bits per heavy atom. The molecule has 130 valence electrons. The predicted octanol–water partition coefficient (Wildman–Crippen LogP) is 3.99. The fourth-order valence-corrected chi connectivity index (χ4v) is 6.16. The van der Waals surface area contributed by atoms with E-state index in [2.05, 4.69) is 10.3 Å². The smallest absolute Gasteiger partial charge is 0.248 e. The minimum absolute atomic E-state index is 0.102. The van der Waals surface area contributed by atoms with Gasteiger partial charge in [0.05, 0.1) is 10.9 Å². The van der Waals surface area contributed by atoms with Crippen LogP contribution in [0, 0.1) is 30.1 Å². The third-order valence-corrected chi connectivity index (χ3v) is 6.83. The summed E-state index contributed by atoms with van der Waals surface area (Å²) in [5.41, 5.74) is 2.28. The zero-order chi connectivity index (χ0) is 17.2. The quantitative estimate of drug-likeness (QED) is 0.871. The van der Waals surface area contributed by atoms with E-state index < -0.39 is 0 Å². The molecule has 0 atom stereocenters. The lowest BCUT2D eigenvalue weighted by Gasteiger charge is -2.55. The van der Waals surface area contributed by atoms with Crippen LogP contribution in [0.4, 0.5) is 5.69 Å². The molecule has 4 bridgehead atoms. The molecule has 4 nitrogen and oxygen atoms in total. The van der Waals surface area contributed by atoms with Gasteiger partial charge in [0, 0.05) is 17.1 Å². The van der Waals surface area contributed by atoms with E-state index in [1.807, 2.05) is 25.1 Å². The van der Waals surface area contributed by atoms with Gasteiger partial charge in [-0.1, -0.05) is 6.07 Å². The number of nitrogens with one attached hydrogen (secondary N) is 2. The summed E-state index contributed by atoms with van der Waals surface area (Å²) in [4.78, 5) is 27.7. The van der Waals surface area contributed by atoms with Crippen molar-refractivity contribution in [3.8, 4) is 0 Å². The van der Waals surface area contributed by atoms with Gasteiger partial charge in [-0.3, -0.25) is 9.59 Å². The summed E-state index contributed by atoms with van der Waals surface area (Å²) in [5, 5.41) is 4.19. The number of benzene rings is 1. The molecule has 4 saturated carbocycles. The lowest BCUT2D eigenvalue weighted by atomic mass is 9.49. The lowest BCUT2D eigenvalue weighted by Crippen LogP contribution is -2.51. The molecule has 0 radical (unpaired) electrons. The molecule has 1 amide bonds. The van der Waals surface area contributed by atoms with Crippen molar-refractivity contribution >= 4 is 22.5 Å². The predicted molar refractivity (Wildman–Crippen MR) is 98.5 cm³/mol. The summed E-state index contributed by atoms with van der Waals surface area (Å²) in [6, 6.07) is 7.43. The Kier molecular flexibility index (Phi) is 3.16. The van der Waals surface area contributed by atoms with Gasteiger partial charge in [0.2, 0.25) is 11.5 Å². The van der Waals surface area contributed by atoms with E-state index in [9.17, 15) is 9.59 Å². The monoisotopic (exact) mass is 336 g/mol. The number of carbonyl (C=O) groups is 1. The molecule has 2 N–H and O–H groups in total. The molecule has 1 aromatic carbocycles. The number of pyridine rings is 1. The number of carbonyl (C=O) groups excluding carboxylic acids is 1. The van der Waals surface area contributed by atoms with E-state index in [1.54, 1.807) is 6.07 Å². The summed E-state index contributed by atoms with van der Waals surface area (Å²) in [5.74, 6) is 2.47. The van der Waals surface area contributed by atoms with E-state index in [0.717, 1.165) is 59.2 Å². The van der Waals surface area contributed by atoms with Gasteiger partial charge in [0.15, 0.2) is 0 Å². The first-order chi connectivity index (χ1) is 12.0. The van der Waals surface area contributed by atoms with Crippen LogP contribution in [-0.4, -0.2) is 10.9 Å². The van der Waals surface area contributed by atoms with Crippen LogP contribution in [0.3, 0.4) is 0 Å². The van der Waals surface area contributed by atoms with Gasteiger partial charge < -0.3 is 10.3 Å². The Hall–Kier alpha value is -2.10. The molecule has 25 heavy (non-hydrogen) atoms. The van der Waals surface area contributed by atoms with Gasteiger partial charge in [0.25, 0.3) is 0 Å². The highest BCUT2D eigenvalue weighted by atomic mass is 16.2. The summed E-state index contributed by atoms with van der Waals surface area (Å²) in [7, 11) is 0. The second-order valence-corrected chi connectivity index (χ2v) is 8.73. The van der Waals surface area contributed by atoms with Gasteiger partial charge in [-0.15, -0.1) is 0 Å². The van der Waals surface area contributed by atoms with Gasteiger partial charge in [-0.05, 0) is 80.9 Å². The highest BCUT2D eigenvalue weighted by Gasteiger charge is 2.54. The Bertz CT molecular complexity index is 892. The summed E-state index contributed by atoms with van der Waals surface area (Å²) in [6.07, 6.45) is 7.20. The number of hydrogen-bond donors (Lipinski definition) is 2. The number of aromatic nitrogens is 1. The van der Waals surface area contributed by atoms with Crippen molar-refractivity contribution in [3.05, 3.63) is 40.2 Å². The van der Waals surface area contributed by atoms with Crippen LogP contribution in [-0.2, 0) is 4.79 Å². The van der Waals surface area contributed by atoms with Gasteiger partial charge in [-0.25, -0.2) is 0 Å². The number of anilines is 1. The number of aromatic amines is 1. The minimum Gasteiger partial charge on any atom is -0.326 e. The first-order valence-electron chi connectivity index (χ1n) is 9.46. The Morgan fingerprint density at radius 1 is 1.08 bits per heavy atom. The van der Waals surface area contributed by atoms with Crippen molar-refractivity contribution < 1.29 is 4.79 Å². The Labute approximate surface area is 147 Å². The number of rotatable bonds is 2. The molecule has 6 rings (SSSR count). The topological polar surface area (TPSA) is 62.0 Å². The molecule has 0 aliphatic heterocycles. The molecule has 2 aromatic rings. The molecule has 4 aliphatic rings. The van der Waals surface area contributed by atoms with Gasteiger partial charge in [-0.2, -0.15) is 0 Å². The number of fused-ring (bicyclic) bond motifs is 1. The highest BCUT2D eigenvalue weighted by Crippen LogP contribution is 2.60. The number of amides is 1. The second-order valence-electron chi connectivity index (χ2n) is 8.73. The van der Waals surface area contributed by atoms with Crippen molar-refractivity contribution in [2.45, 2.75) is 45.4 Å². The van der Waals surface area contributed by atoms with E-state index in [1.165, 1.54) is 19.3 Å². The number of hydrogen-bond acceptors (Lipinski definition) is 2. The summed E-state index contributed by atoms with van der Waals surface area (Å²) < 4.78 is 0. The molecule has 0 saturated heterocycles. The molecule has 0 unspecified atom stereocenters. The highest BCUT2D eigenvalue weighted by molar-refractivity contribution is 5.97. The van der Waals surface area contributed by atoms with Gasteiger partial charge in [0.1, 0.15) is 0 Å². The first-order valence-corrected chi connectivity index (χ1v) is 9.46. The van der Waals surface area contributed by atoms with Crippen molar-refractivity contribution in [1.29, 1.82) is 0 Å². The number of aryl methyl sites for hydroxylation is 1. The van der Waals surface area contributed by atoms with Crippen molar-refractivity contribution in [2.75, 3.05) is 5.32 Å².